The molecule has 0 aliphatic heterocycles. The Balaban J connectivity index is 2.30. The molecular weight excluding hydrogens is 366 g/mol. The van der Waals surface area contributed by atoms with Crippen molar-refractivity contribution < 1.29 is 34.0 Å². The Bertz CT molecular complexity index is 1040. The molecule has 0 saturated heterocycles. The first-order valence-corrected chi connectivity index (χ1v) is 8.29. The summed E-state index contributed by atoms with van der Waals surface area (Å²) < 4.78 is 16.1. The predicted octanol–water partition coefficient (Wildman–Crippen LogP) is 3.19. The second-order valence-electron chi connectivity index (χ2n) is 6.03. The van der Waals surface area contributed by atoms with Gasteiger partial charge in [-0.3, -0.25) is 4.79 Å². The van der Waals surface area contributed by atoms with Crippen LogP contribution in [0.1, 0.15) is 15.9 Å². The number of methoxy groups -OCH3 is 3. The lowest BCUT2D eigenvalue weighted by atomic mass is 10.0. The average Bonchev–Trinajstić information content (AvgIpc) is 3.03. The van der Waals surface area contributed by atoms with Crippen LogP contribution in [0.3, 0.4) is 0 Å². The highest BCUT2D eigenvalue weighted by Gasteiger charge is 2.21. The first kappa shape index (κ1) is 19.1. The Hall–Kier alpha value is -3.68. The number of aromatic carboxylic acids is 1. The molecule has 0 bridgehead atoms. The number of aromatic nitrogens is 1. The van der Waals surface area contributed by atoms with E-state index in [4.69, 9.17) is 14.2 Å². The van der Waals surface area contributed by atoms with Gasteiger partial charge in [-0.25, -0.2) is 4.79 Å². The normalized spacial score (nSPS) is 10.7. The van der Waals surface area contributed by atoms with Gasteiger partial charge in [0.1, 0.15) is 0 Å². The van der Waals surface area contributed by atoms with Crippen LogP contribution in [0.2, 0.25) is 0 Å². The minimum atomic E-state index is -1.08. The van der Waals surface area contributed by atoms with Gasteiger partial charge in [0.2, 0.25) is 5.75 Å². The minimum absolute atomic E-state index is 0.0783. The van der Waals surface area contributed by atoms with Gasteiger partial charge < -0.3 is 29.4 Å². The van der Waals surface area contributed by atoms with E-state index in [1.807, 2.05) is 0 Å². The van der Waals surface area contributed by atoms with Crippen molar-refractivity contribution in [2.24, 2.45) is 0 Å². The third kappa shape index (κ3) is 3.32. The third-order valence-corrected chi connectivity index (χ3v) is 4.43. The highest BCUT2D eigenvalue weighted by Crippen LogP contribution is 2.42. The van der Waals surface area contributed by atoms with E-state index >= 15 is 0 Å². The van der Waals surface area contributed by atoms with Gasteiger partial charge in [0.25, 0.3) is 0 Å². The van der Waals surface area contributed by atoms with Gasteiger partial charge in [-0.15, -0.1) is 0 Å². The number of carboxylic acids is 2. The summed E-state index contributed by atoms with van der Waals surface area (Å²) in [6, 6.07) is 7.95. The lowest BCUT2D eigenvalue weighted by Gasteiger charge is -2.14. The molecule has 3 rings (SSSR count). The van der Waals surface area contributed by atoms with Crippen molar-refractivity contribution in [2.75, 3.05) is 21.3 Å². The first-order chi connectivity index (χ1) is 13.4. The SMILES string of the molecule is COc1cc(-c2[nH]c3ccc(C(=O)O)cc3c2CC(=O)O)cc(OC)c1OC. The molecule has 146 valence electrons. The van der Waals surface area contributed by atoms with Gasteiger partial charge in [0, 0.05) is 16.5 Å². The van der Waals surface area contributed by atoms with E-state index in [-0.39, 0.29) is 12.0 Å². The molecule has 0 aliphatic rings. The summed E-state index contributed by atoms with van der Waals surface area (Å²) in [7, 11) is 4.47. The maximum Gasteiger partial charge on any atom is 0.335 e. The van der Waals surface area contributed by atoms with Gasteiger partial charge in [-0.2, -0.15) is 0 Å². The number of hydrogen-bond acceptors (Lipinski definition) is 5. The molecule has 3 aromatic rings. The smallest absolute Gasteiger partial charge is 0.335 e. The van der Waals surface area contributed by atoms with Crippen LogP contribution < -0.4 is 14.2 Å². The number of H-pyrrole nitrogens is 1. The number of fused-ring (bicyclic) bond motifs is 1. The molecule has 0 amide bonds. The van der Waals surface area contributed by atoms with Crippen molar-refractivity contribution in [3.8, 4) is 28.5 Å². The summed E-state index contributed by atoms with van der Waals surface area (Å²) in [5.74, 6) is -0.863. The number of carboxylic acid groups (broad SMARTS) is 2. The van der Waals surface area contributed by atoms with Crippen molar-refractivity contribution in [1.82, 2.24) is 4.98 Å². The van der Waals surface area contributed by atoms with E-state index in [0.717, 1.165) is 0 Å². The summed E-state index contributed by atoms with van der Waals surface area (Å²) in [4.78, 5) is 26.0. The minimum Gasteiger partial charge on any atom is -0.493 e. The molecule has 0 aliphatic carbocycles. The maximum atomic E-state index is 11.5. The topological polar surface area (TPSA) is 118 Å². The van der Waals surface area contributed by atoms with Crippen molar-refractivity contribution in [2.45, 2.75) is 6.42 Å². The summed E-state index contributed by atoms with van der Waals surface area (Å²) in [5.41, 5.74) is 2.34. The van der Waals surface area contributed by atoms with E-state index in [9.17, 15) is 19.8 Å². The van der Waals surface area contributed by atoms with Crippen LogP contribution in [0.15, 0.2) is 30.3 Å². The van der Waals surface area contributed by atoms with Gasteiger partial charge >= 0.3 is 11.9 Å². The standard InChI is InChI=1S/C20H19NO7/c1-26-15-7-11(8-16(27-2)19(15)28-3)18-13(9-17(22)23)12-6-10(20(24)25)4-5-14(12)21-18/h4-8,21H,9H2,1-3H3,(H,22,23)(H,24,25). The van der Waals surface area contributed by atoms with Crippen LogP contribution in [-0.4, -0.2) is 48.5 Å². The van der Waals surface area contributed by atoms with Crippen LogP contribution in [0.25, 0.3) is 22.2 Å². The summed E-state index contributed by atoms with van der Waals surface area (Å²) in [5, 5.41) is 19.2. The molecule has 3 N–H and O–H groups in total. The second-order valence-corrected chi connectivity index (χ2v) is 6.03. The maximum absolute atomic E-state index is 11.5. The van der Waals surface area contributed by atoms with E-state index in [2.05, 4.69) is 4.98 Å². The summed E-state index contributed by atoms with van der Waals surface area (Å²) >= 11 is 0. The molecule has 0 radical (unpaired) electrons. The monoisotopic (exact) mass is 385 g/mol. The summed E-state index contributed by atoms with van der Waals surface area (Å²) in [6.45, 7) is 0. The van der Waals surface area contributed by atoms with Crippen molar-refractivity contribution in [3.63, 3.8) is 0 Å². The van der Waals surface area contributed by atoms with Crippen LogP contribution in [-0.2, 0) is 11.2 Å². The predicted molar refractivity (Wildman–Crippen MR) is 102 cm³/mol. The first-order valence-electron chi connectivity index (χ1n) is 8.29. The Morgan fingerprint density at radius 1 is 0.964 bits per heavy atom. The highest BCUT2D eigenvalue weighted by atomic mass is 16.5. The zero-order valence-corrected chi connectivity index (χ0v) is 15.5. The Labute approximate surface area is 160 Å². The van der Waals surface area contributed by atoms with E-state index in [0.29, 0.717) is 45.0 Å². The fourth-order valence-electron chi connectivity index (χ4n) is 3.19. The van der Waals surface area contributed by atoms with Crippen molar-refractivity contribution >= 4 is 22.8 Å². The molecule has 1 heterocycles. The van der Waals surface area contributed by atoms with Crippen molar-refractivity contribution in [3.05, 3.63) is 41.5 Å². The fraction of sp³-hybridized carbons (Fsp3) is 0.200. The van der Waals surface area contributed by atoms with Gasteiger partial charge in [-0.1, -0.05) is 0 Å². The van der Waals surface area contributed by atoms with Gasteiger partial charge in [0.05, 0.1) is 39.0 Å². The van der Waals surface area contributed by atoms with Gasteiger partial charge in [0.15, 0.2) is 11.5 Å². The van der Waals surface area contributed by atoms with E-state index in [1.54, 1.807) is 18.2 Å². The number of aliphatic carboxylic acids is 1. The molecular formula is C20H19NO7. The van der Waals surface area contributed by atoms with Crippen molar-refractivity contribution in [1.29, 1.82) is 0 Å². The zero-order valence-electron chi connectivity index (χ0n) is 15.5. The van der Waals surface area contributed by atoms with Crippen LogP contribution in [0, 0.1) is 0 Å². The number of aromatic amines is 1. The number of rotatable bonds is 7. The molecule has 0 saturated carbocycles. The molecule has 1 aromatic heterocycles. The Morgan fingerprint density at radius 2 is 1.61 bits per heavy atom. The lowest BCUT2D eigenvalue weighted by Crippen LogP contribution is -2.02. The number of benzene rings is 2. The number of ether oxygens (including phenoxy) is 3. The quantitative estimate of drug-likeness (QED) is 0.571. The molecule has 0 spiro atoms. The Kier molecular flexibility index (Phi) is 5.12. The van der Waals surface area contributed by atoms with Crippen LogP contribution in [0.5, 0.6) is 17.2 Å². The molecule has 0 fully saturated rings. The van der Waals surface area contributed by atoms with E-state index in [1.165, 1.54) is 33.5 Å². The number of carbonyl (C=O) groups is 2. The van der Waals surface area contributed by atoms with Gasteiger partial charge in [-0.05, 0) is 35.9 Å². The van der Waals surface area contributed by atoms with Crippen LogP contribution >= 0.6 is 0 Å². The zero-order chi connectivity index (χ0) is 20.4. The average molecular weight is 385 g/mol. The largest absolute Gasteiger partial charge is 0.493 e. The van der Waals surface area contributed by atoms with E-state index < -0.39 is 11.9 Å². The number of hydrogen-bond donors (Lipinski definition) is 3. The second kappa shape index (κ2) is 7.51. The highest BCUT2D eigenvalue weighted by molar-refractivity contribution is 5.99. The molecule has 8 nitrogen and oxygen atoms in total. The van der Waals surface area contributed by atoms with Crippen LogP contribution in [0.4, 0.5) is 0 Å². The third-order valence-electron chi connectivity index (χ3n) is 4.43. The molecule has 0 atom stereocenters. The fourth-order valence-corrected chi connectivity index (χ4v) is 3.19. The Morgan fingerprint density at radius 3 is 2.11 bits per heavy atom. The molecule has 28 heavy (non-hydrogen) atoms. The summed E-state index contributed by atoms with van der Waals surface area (Å²) in [6.07, 6.45) is -0.283. The molecule has 2 aromatic carbocycles. The molecule has 0 unspecified atom stereocenters. The number of nitrogens with one attached hydrogen (secondary N) is 1. The lowest BCUT2D eigenvalue weighted by molar-refractivity contribution is -0.136. The molecule has 8 heteroatoms.